The maximum absolute atomic E-state index is 9.31. The van der Waals surface area contributed by atoms with E-state index in [2.05, 4.69) is 18.2 Å². The lowest BCUT2D eigenvalue weighted by molar-refractivity contribution is 0.267. The summed E-state index contributed by atoms with van der Waals surface area (Å²) in [6.07, 6.45) is 6.02. The second kappa shape index (κ2) is 4.88. The van der Waals surface area contributed by atoms with E-state index < -0.39 is 0 Å². The minimum Gasteiger partial charge on any atom is -0.437 e. The van der Waals surface area contributed by atoms with Gasteiger partial charge in [-0.25, -0.2) is 0 Å². The zero-order chi connectivity index (χ0) is 8.97. The molecule has 69 valence electrons. The molecule has 0 bridgehead atoms. The van der Waals surface area contributed by atoms with Gasteiger partial charge in [-0.05, 0) is 45.1 Å². The number of rotatable bonds is 3. The van der Waals surface area contributed by atoms with Crippen LogP contribution in [-0.2, 0) is 0 Å². The lowest BCUT2D eigenvalue weighted by atomic mass is 9.80. The summed E-state index contributed by atoms with van der Waals surface area (Å²) in [4.78, 5) is 2.14. The van der Waals surface area contributed by atoms with Crippen LogP contribution in [0.1, 0.15) is 26.2 Å². The van der Waals surface area contributed by atoms with Crippen LogP contribution < -0.4 is 0 Å². The highest BCUT2D eigenvalue weighted by Gasteiger charge is 2.23. The zero-order valence-corrected chi connectivity index (χ0v) is 8.16. The molecule has 1 fully saturated rings. The van der Waals surface area contributed by atoms with Crippen LogP contribution in [-0.4, -0.2) is 30.0 Å². The van der Waals surface area contributed by atoms with Gasteiger partial charge in [-0.1, -0.05) is 13.3 Å². The predicted molar refractivity (Wildman–Crippen MR) is 52.7 cm³/mol. The highest BCUT2D eigenvalue weighted by molar-refractivity contribution is 6.45. The molecule has 1 rings (SSSR count). The first-order chi connectivity index (χ1) is 5.74. The van der Waals surface area contributed by atoms with Crippen LogP contribution in [0.5, 0.6) is 0 Å². The Morgan fingerprint density at radius 3 is 2.50 bits per heavy atom. The lowest BCUT2D eigenvalue weighted by Crippen LogP contribution is -2.42. The fourth-order valence-electron chi connectivity index (χ4n) is 1.86. The normalized spacial score (nSPS) is 21.2. The molecule has 1 aliphatic heterocycles. The molecule has 1 N–H and O–H groups in total. The van der Waals surface area contributed by atoms with Crippen molar-refractivity contribution in [1.82, 2.24) is 4.81 Å². The Labute approximate surface area is 76.1 Å². The lowest BCUT2D eigenvalue weighted by Gasteiger charge is -2.32. The second-order valence-electron chi connectivity index (χ2n) is 3.65. The molecule has 0 saturated carbocycles. The summed E-state index contributed by atoms with van der Waals surface area (Å²) in [6, 6.07) is 0. The van der Waals surface area contributed by atoms with Gasteiger partial charge in [-0.3, -0.25) is 0 Å². The summed E-state index contributed by atoms with van der Waals surface area (Å²) >= 11 is 0. The van der Waals surface area contributed by atoms with Crippen LogP contribution in [0.3, 0.4) is 0 Å². The largest absolute Gasteiger partial charge is 0.437 e. The third-order valence-corrected chi connectivity index (χ3v) is 2.67. The van der Waals surface area contributed by atoms with Crippen molar-refractivity contribution in [3.63, 3.8) is 0 Å². The van der Waals surface area contributed by atoms with Gasteiger partial charge in [0.25, 0.3) is 0 Å². The minimum absolute atomic E-state index is 0.257. The Bertz CT molecular complexity index is 122. The summed E-state index contributed by atoms with van der Waals surface area (Å²) in [5.74, 6) is 0.796. The van der Waals surface area contributed by atoms with Crippen molar-refractivity contribution < 1.29 is 5.02 Å². The van der Waals surface area contributed by atoms with Gasteiger partial charge in [-0.2, -0.15) is 0 Å². The molecule has 1 aliphatic rings. The third-order valence-electron chi connectivity index (χ3n) is 2.67. The molecule has 0 aromatic heterocycles. The number of hydrogen-bond acceptors (Lipinski definition) is 2. The Morgan fingerprint density at radius 2 is 2.08 bits per heavy atom. The van der Waals surface area contributed by atoms with E-state index in [9.17, 15) is 5.02 Å². The van der Waals surface area contributed by atoms with Crippen molar-refractivity contribution in [1.29, 1.82) is 0 Å². The summed E-state index contributed by atoms with van der Waals surface area (Å²) in [6.45, 7) is 6.16. The number of hydrogen-bond donors (Lipinski definition) is 1. The molecule has 1 radical (unpaired) electrons. The number of piperidine rings is 1. The third kappa shape index (κ3) is 2.79. The van der Waals surface area contributed by atoms with E-state index >= 15 is 0 Å². The fourth-order valence-corrected chi connectivity index (χ4v) is 1.86. The van der Waals surface area contributed by atoms with E-state index in [0.717, 1.165) is 19.0 Å². The van der Waals surface area contributed by atoms with Gasteiger partial charge in [0.2, 0.25) is 0 Å². The standard InChI is InChI=1S/C9H19BNO/c1-3-4-9-5-7-11(8-6-9)10(2)12/h4,9,12H,3,5-8H2,1-2H3. The summed E-state index contributed by atoms with van der Waals surface area (Å²) in [5, 5.41) is 9.31. The highest BCUT2D eigenvalue weighted by atomic mass is 16.2. The quantitative estimate of drug-likeness (QED) is 0.644. The van der Waals surface area contributed by atoms with Crippen molar-refractivity contribution in [2.24, 2.45) is 5.92 Å². The molecule has 0 aromatic carbocycles. The van der Waals surface area contributed by atoms with Crippen molar-refractivity contribution in [2.75, 3.05) is 13.1 Å². The first kappa shape index (κ1) is 10.1. The van der Waals surface area contributed by atoms with E-state index in [0.29, 0.717) is 0 Å². The van der Waals surface area contributed by atoms with Crippen molar-refractivity contribution in [2.45, 2.75) is 33.0 Å². The average molecular weight is 168 g/mol. The Balaban J connectivity index is 2.20. The van der Waals surface area contributed by atoms with Crippen LogP contribution in [0.15, 0.2) is 0 Å². The fraction of sp³-hybridized carbons (Fsp3) is 0.889. The second-order valence-corrected chi connectivity index (χ2v) is 3.65. The van der Waals surface area contributed by atoms with Gasteiger partial charge >= 0.3 is 7.05 Å². The topological polar surface area (TPSA) is 23.5 Å². The van der Waals surface area contributed by atoms with Gasteiger partial charge < -0.3 is 9.83 Å². The summed E-state index contributed by atoms with van der Waals surface area (Å²) in [5.41, 5.74) is 0. The Hall–Kier alpha value is -0.0151. The summed E-state index contributed by atoms with van der Waals surface area (Å²) < 4.78 is 0. The zero-order valence-electron chi connectivity index (χ0n) is 8.16. The van der Waals surface area contributed by atoms with Crippen LogP contribution in [0, 0.1) is 12.3 Å². The van der Waals surface area contributed by atoms with Crippen LogP contribution in [0.2, 0.25) is 6.82 Å². The molecule has 0 aliphatic carbocycles. The first-order valence-corrected chi connectivity index (χ1v) is 4.99. The van der Waals surface area contributed by atoms with E-state index in [-0.39, 0.29) is 7.05 Å². The van der Waals surface area contributed by atoms with Crippen LogP contribution in [0.4, 0.5) is 0 Å². The van der Waals surface area contributed by atoms with Crippen LogP contribution in [0.25, 0.3) is 0 Å². The van der Waals surface area contributed by atoms with E-state index in [1.54, 1.807) is 0 Å². The van der Waals surface area contributed by atoms with Gasteiger partial charge in [0, 0.05) is 0 Å². The molecule has 2 nitrogen and oxygen atoms in total. The van der Waals surface area contributed by atoms with Crippen molar-refractivity contribution in [3.05, 3.63) is 6.42 Å². The van der Waals surface area contributed by atoms with E-state index in [1.807, 2.05) is 6.82 Å². The van der Waals surface area contributed by atoms with Crippen molar-refractivity contribution >= 4 is 7.05 Å². The van der Waals surface area contributed by atoms with Gasteiger partial charge in [-0.15, -0.1) is 0 Å². The maximum atomic E-state index is 9.31. The molecule has 0 aromatic rings. The monoisotopic (exact) mass is 168 g/mol. The highest BCUT2D eigenvalue weighted by Crippen LogP contribution is 2.20. The molecular formula is C9H19BNO. The van der Waals surface area contributed by atoms with Crippen LogP contribution >= 0.6 is 0 Å². The molecule has 1 saturated heterocycles. The smallest absolute Gasteiger partial charge is 0.376 e. The molecule has 3 heteroatoms. The molecular weight excluding hydrogens is 149 g/mol. The SMILES string of the molecule is CC[CH]C1CCN(B(C)O)CC1. The van der Waals surface area contributed by atoms with Crippen molar-refractivity contribution in [3.8, 4) is 0 Å². The van der Waals surface area contributed by atoms with Gasteiger partial charge in [0.05, 0.1) is 0 Å². The summed E-state index contributed by atoms with van der Waals surface area (Å²) in [7, 11) is -0.257. The maximum Gasteiger partial charge on any atom is 0.376 e. The van der Waals surface area contributed by atoms with Gasteiger partial charge in [0.15, 0.2) is 0 Å². The molecule has 0 unspecified atom stereocenters. The Morgan fingerprint density at radius 1 is 1.50 bits per heavy atom. The molecule has 0 spiro atoms. The molecule has 0 atom stereocenters. The van der Waals surface area contributed by atoms with E-state index in [1.165, 1.54) is 19.3 Å². The average Bonchev–Trinajstić information content (AvgIpc) is 2.06. The first-order valence-electron chi connectivity index (χ1n) is 4.99. The molecule has 0 amide bonds. The number of nitrogens with zero attached hydrogens (tertiary/aromatic N) is 1. The predicted octanol–water partition coefficient (Wildman–Crippen LogP) is 1.42. The van der Waals surface area contributed by atoms with Gasteiger partial charge in [0.1, 0.15) is 0 Å². The minimum atomic E-state index is -0.257. The van der Waals surface area contributed by atoms with E-state index in [4.69, 9.17) is 0 Å². The molecule has 12 heavy (non-hydrogen) atoms. The Kier molecular flexibility index (Phi) is 4.09. The molecule has 1 heterocycles.